The zero-order chi connectivity index (χ0) is 14.3. The van der Waals surface area contributed by atoms with Crippen LogP contribution in [0.1, 0.15) is 25.8 Å². The van der Waals surface area contributed by atoms with Crippen molar-refractivity contribution >= 4 is 5.57 Å². The Morgan fingerprint density at radius 1 is 1.16 bits per heavy atom. The molecule has 1 aromatic carbocycles. The van der Waals surface area contributed by atoms with Gasteiger partial charge in [-0.1, -0.05) is 25.2 Å². The molecule has 0 aliphatic carbocycles. The van der Waals surface area contributed by atoms with Crippen molar-refractivity contribution in [2.45, 2.75) is 20.3 Å². The van der Waals surface area contributed by atoms with Crippen molar-refractivity contribution in [3.8, 4) is 0 Å². The monoisotopic (exact) mass is 270 g/mol. The Labute approximate surface area is 111 Å². The maximum Gasteiger partial charge on any atom is 0.195 e. The maximum atomic E-state index is 13.7. The van der Waals surface area contributed by atoms with Gasteiger partial charge in [0, 0.05) is 12.2 Å². The first-order valence-corrected chi connectivity index (χ1v) is 6.20. The Kier molecular flexibility index (Phi) is 6.36. The number of hydrogen-bond donors (Lipinski definition) is 0. The Bertz CT molecular complexity index is 479. The first-order valence-electron chi connectivity index (χ1n) is 6.20. The molecule has 0 N–H and O–H groups in total. The lowest BCUT2D eigenvalue weighted by Crippen LogP contribution is -1.97. The van der Waals surface area contributed by atoms with Crippen LogP contribution >= 0.6 is 0 Å². The van der Waals surface area contributed by atoms with Crippen molar-refractivity contribution in [2.24, 2.45) is 0 Å². The molecule has 0 fully saturated rings. The molecule has 1 rings (SSSR count). The van der Waals surface area contributed by atoms with Crippen LogP contribution in [0.25, 0.3) is 5.57 Å². The molecule has 0 aromatic heterocycles. The number of hydrogen-bond acceptors (Lipinski definition) is 1. The van der Waals surface area contributed by atoms with Gasteiger partial charge < -0.3 is 4.74 Å². The normalized spacial score (nSPS) is 12.4. The highest BCUT2D eigenvalue weighted by Crippen LogP contribution is 2.23. The van der Waals surface area contributed by atoms with Crippen LogP contribution < -0.4 is 0 Å². The van der Waals surface area contributed by atoms with Crippen LogP contribution in [0.2, 0.25) is 0 Å². The summed E-state index contributed by atoms with van der Waals surface area (Å²) in [6.45, 7) is 4.72. The van der Waals surface area contributed by atoms with Crippen molar-refractivity contribution in [1.29, 1.82) is 0 Å². The lowest BCUT2D eigenvalue weighted by atomic mass is 10.0. The van der Waals surface area contributed by atoms with Crippen LogP contribution in [0.3, 0.4) is 0 Å². The fourth-order valence-electron chi connectivity index (χ4n) is 1.60. The highest BCUT2D eigenvalue weighted by atomic mass is 19.2. The second-order valence-electron chi connectivity index (χ2n) is 3.85. The average molecular weight is 270 g/mol. The van der Waals surface area contributed by atoms with Crippen LogP contribution in [0.5, 0.6) is 0 Å². The number of ether oxygens (including phenoxy) is 1. The summed E-state index contributed by atoms with van der Waals surface area (Å²) >= 11 is 0. The van der Waals surface area contributed by atoms with Crippen molar-refractivity contribution in [2.75, 3.05) is 13.2 Å². The third-order valence-electron chi connectivity index (χ3n) is 2.49. The predicted molar refractivity (Wildman–Crippen MR) is 70.2 cm³/mol. The molecule has 0 saturated heterocycles. The summed E-state index contributed by atoms with van der Waals surface area (Å²) in [5, 5.41) is 0. The number of allylic oxidation sites excluding steroid dienone is 3. The van der Waals surface area contributed by atoms with E-state index in [1.165, 1.54) is 6.07 Å². The first kappa shape index (κ1) is 15.5. The summed E-state index contributed by atoms with van der Waals surface area (Å²) < 4.78 is 44.9. The van der Waals surface area contributed by atoms with E-state index in [4.69, 9.17) is 4.74 Å². The summed E-state index contributed by atoms with van der Waals surface area (Å²) in [5.41, 5.74) is 0.562. The fraction of sp³-hybridized carbons (Fsp3) is 0.333. The zero-order valence-electron chi connectivity index (χ0n) is 11.1. The molecule has 4 heteroatoms. The Hall–Kier alpha value is -1.55. The Morgan fingerprint density at radius 2 is 1.89 bits per heavy atom. The molecule has 0 amide bonds. The fourth-order valence-corrected chi connectivity index (χ4v) is 1.60. The van der Waals surface area contributed by atoms with Gasteiger partial charge in [-0.15, -0.1) is 0 Å². The highest BCUT2D eigenvalue weighted by molar-refractivity contribution is 5.74. The van der Waals surface area contributed by atoms with Crippen LogP contribution in [0, 0.1) is 17.5 Å². The third kappa shape index (κ3) is 4.24. The van der Waals surface area contributed by atoms with Gasteiger partial charge in [-0.05, 0) is 31.1 Å². The van der Waals surface area contributed by atoms with Crippen LogP contribution in [0.4, 0.5) is 13.2 Å². The molecule has 0 atom stereocenters. The van der Waals surface area contributed by atoms with E-state index in [-0.39, 0.29) is 5.56 Å². The number of benzene rings is 1. The molecule has 0 saturated carbocycles. The SMILES string of the molecule is CC/C=C(\C=C/COCC)c1ccc(F)c(F)c1F. The van der Waals surface area contributed by atoms with Gasteiger partial charge in [-0.2, -0.15) is 0 Å². The minimum atomic E-state index is -1.45. The van der Waals surface area contributed by atoms with E-state index in [1.807, 2.05) is 13.8 Å². The molecule has 0 aliphatic heterocycles. The third-order valence-corrected chi connectivity index (χ3v) is 2.49. The van der Waals surface area contributed by atoms with Gasteiger partial charge in [0.05, 0.1) is 6.61 Å². The molecule has 0 radical (unpaired) electrons. The van der Waals surface area contributed by atoms with E-state index in [1.54, 1.807) is 18.2 Å². The molecule has 1 aromatic rings. The van der Waals surface area contributed by atoms with Crippen molar-refractivity contribution in [1.82, 2.24) is 0 Å². The molecule has 0 aliphatic rings. The van der Waals surface area contributed by atoms with E-state index >= 15 is 0 Å². The average Bonchev–Trinajstić information content (AvgIpc) is 2.40. The van der Waals surface area contributed by atoms with Crippen LogP contribution in [-0.4, -0.2) is 13.2 Å². The summed E-state index contributed by atoms with van der Waals surface area (Å²) in [6.07, 6.45) is 5.77. The topological polar surface area (TPSA) is 9.23 Å². The van der Waals surface area contributed by atoms with E-state index in [0.717, 1.165) is 6.07 Å². The van der Waals surface area contributed by atoms with Gasteiger partial charge in [0.25, 0.3) is 0 Å². The Morgan fingerprint density at radius 3 is 2.53 bits per heavy atom. The quantitative estimate of drug-likeness (QED) is 0.420. The maximum absolute atomic E-state index is 13.7. The van der Waals surface area contributed by atoms with E-state index in [0.29, 0.717) is 25.2 Å². The standard InChI is InChI=1S/C15H17F3O/c1-3-6-11(7-5-10-19-4-2)12-8-9-13(16)15(18)14(12)17/h5-9H,3-4,10H2,1-2H3/b7-5-,11-6+. The molecule has 0 bridgehead atoms. The van der Waals surface area contributed by atoms with Crippen LogP contribution in [-0.2, 0) is 4.74 Å². The summed E-state index contributed by atoms with van der Waals surface area (Å²) in [7, 11) is 0. The van der Waals surface area contributed by atoms with Crippen molar-refractivity contribution < 1.29 is 17.9 Å². The molecular formula is C15H17F3O. The van der Waals surface area contributed by atoms with E-state index < -0.39 is 17.5 Å². The molecular weight excluding hydrogens is 253 g/mol. The predicted octanol–water partition coefficient (Wildman–Crippen LogP) is 4.49. The van der Waals surface area contributed by atoms with Crippen LogP contribution in [0.15, 0.2) is 30.4 Å². The van der Waals surface area contributed by atoms with Crippen molar-refractivity contribution in [3.05, 3.63) is 53.4 Å². The minimum Gasteiger partial charge on any atom is -0.378 e. The van der Waals surface area contributed by atoms with Gasteiger partial charge in [0.15, 0.2) is 17.5 Å². The molecule has 19 heavy (non-hydrogen) atoms. The number of rotatable bonds is 6. The lowest BCUT2D eigenvalue weighted by Gasteiger charge is -2.06. The summed E-state index contributed by atoms with van der Waals surface area (Å²) in [6, 6.07) is 2.16. The smallest absolute Gasteiger partial charge is 0.195 e. The highest BCUT2D eigenvalue weighted by Gasteiger charge is 2.14. The van der Waals surface area contributed by atoms with Gasteiger partial charge in [0.1, 0.15) is 0 Å². The zero-order valence-corrected chi connectivity index (χ0v) is 11.1. The van der Waals surface area contributed by atoms with Gasteiger partial charge in [-0.3, -0.25) is 0 Å². The van der Waals surface area contributed by atoms with Gasteiger partial charge in [-0.25, -0.2) is 13.2 Å². The van der Waals surface area contributed by atoms with Gasteiger partial charge >= 0.3 is 0 Å². The summed E-state index contributed by atoms with van der Waals surface area (Å²) in [5.74, 6) is -3.80. The van der Waals surface area contributed by atoms with Crippen molar-refractivity contribution in [3.63, 3.8) is 0 Å². The second-order valence-corrected chi connectivity index (χ2v) is 3.85. The van der Waals surface area contributed by atoms with Gasteiger partial charge in [0.2, 0.25) is 0 Å². The molecule has 0 unspecified atom stereocenters. The molecule has 1 nitrogen and oxygen atoms in total. The lowest BCUT2D eigenvalue weighted by molar-refractivity contribution is 0.177. The second kappa shape index (κ2) is 7.79. The summed E-state index contributed by atoms with van der Waals surface area (Å²) in [4.78, 5) is 0. The molecule has 0 heterocycles. The number of halogens is 3. The largest absolute Gasteiger partial charge is 0.378 e. The minimum absolute atomic E-state index is 0.0495. The molecule has 0 spiro atoms. The first-order chi connectivity index (χ1) is 9.11. The van der Waals surface area contributed by atoms with E-state index in [9.17, 15) is 13.2 Å². The molecule has 104 valence electrons. The van der Waals surface area contributed by atoms with E-state index in [2.05, 4.69) is 0 Å². The Balaban J connectivity index is 3.04.